The highest BCUT2D eigenvalue weighted by molar-refractivity contribution is 5.95. The summed E-state index contributed by atoms with van der Waals surface area (Å²) in [6.07, 6.45) is 0.869. The van der Waals surface area contributed by atoms with Gasteiger partial charge >= 0.3 is 5.69 Å². The Balaban J connectivity index is 0.00000182. The molecule has 3 heterocycles. The van der Waals surface area contributed by atoms with Crippen molar-refractivity contribution in [2.24, 2.45) is 25.7 Å². The predicted molar refractivity (Wildman–Crippen MR) is 109 cm³/mol. The lowest BCUT2D eigenvalue weighted by molar-refractivity contribution is 0.0737. The number of amides is 1. The Morgan fingerprint density at radius 2 is 1.89 bits per heavy atom. The quantitative estimate of drug-likeness (QED) is 0.769. The first-order chi connectivity index (χ1) is 11.8. The van der Waals surface area contributed by atoms with Crippen molar-refractivity contribution in [3.63, 3.8) is 0 Å². The summed E-state index contributed by atoms with van der Waals surface area (Å²) in [7, 11) is 2.98. The number of nitrogens with zero attached hydrogens (tertiary/aromatic N) is 4. The van der Waals surface area contributed by atoms with Gasteiger partial charge in [-0.15, -0.1) is 24.8 Å². The summed E-state index contributed by atoms with van der Waals surface area (Å²) in [6, 6.07) is 1.71. The Hall–Kier alpha value is -1.90. The van der Waals surface area contributed by atoms with Gasteiger partial charge in [0.1, 0.15) is 11.3 Å². The van der Waals surface area contributed by atoms with Crippen LogP contribution in [0.15, 0.2) is 15.7 Å². The van der Waals surface area contributed by atoms with E-state index >= 15 is 0 Å². The summed E-state index contributed by atoms with van der Waals surface area (Å²) in [5, 5.41) is 0.357. The van der Waals surface area contributed by atoms with E-state index in [1.807, 2.05) is 6.92 Å². The van der Waals surface area contributed by atoms with E-state index in [1.165, 1.54) is 11.6 Å². The van der Waals surface area contributed by atoms with Crippen LogP contribution in [0.5, 0.6) is 0 Å². The van der Waals surface area contributed by atoms with Gasteiger partial charge in [-0.3, -0.25) is 18.7 Å². The van der Waals surface area contributed by atoms with Crippen LogP contribution in [0.1, 0.15) is 29.4 Å². The minimum Gasteiger partial charge on any atom is -0.334 e. The molecule has 2 N–H and O–H groups in total. The zero-order valence-corrected chi connectivity index (χ0v) is 17.4. The Morgan fingerprint density at radius 3 is 2.44 bits per heavy atom. The van der Waals surface area contributed by atoms with Crippen LogP contribution in [0.3, 0.4) is 0 Å². The number of carbonyl (C=O) groups is 1. The minimum absolute atomic E-state index is 0. The first-order valence-electron chi connectivity index (χ1n) is 8.34. The number of pyridine rings is 1. The van der Waals surface area contributed by atoms with Crippen molar-refractivity contribution in [2.75, 3.05) is 13.1 Å². The number of rotatable bonds is 2. The fourth-order valence-corrected chi connectivity index (χ4v) is 3.59. The molecular formula is C17H25Cl2N5O3. The number of aryl methyl sites for hydroxylation is 2. The van der Waals surface area contributed by atoms with Crippen LogP contribution in [0.4, 0.5) is 0 Å². The van der Waals surface area contributed by atoms with Gasteiger partial charge in [-0.1, -0.05) is 0 Å². The molecule has 27 heavy (non-hydrogen) atoms. The topological polar surface area (TPSA) is 103 Å². The molecule has 1 aliphatic heterocycles. The van der Waals surface area contributed by atoms with Crippen LogP contribution < -0.4 is 17.0 Å². The molecule has 8 nitrogen and oxygen atoms in total. The van der Waals surface area contributed by atoms with Crippen molar-refractivity contribution in [1.29, 1.82) is 0 Å². The minimum atomic E-state index is -0.466. The lowest BCUT2D eigenvalue weighted by Crippen LogP contribution is -2.38. The second-order valence-electron chi connectivity index (χ2n) is 6.87. The van der Waals surface area contributed by atoms with Gasteiger partial charge in [-0.2, -0.15) is 0 Å². The molecule has 3 rings (SSSR count). The van der Waals surface area contributed by atoms with Crippen LogP contribution in [0.2, 0.25) is 0 Å². The van der Waals surface area contributed by atoms with Crippen LogP contribution in [-0.4, -0.2) is 44.1 Å². The fraction of sp³-hybridized carbons (Fsp3) is 0.529. The zero-order valence-electron chi connectivity index (χ0n) is 15.8. The SMILES string of the molecule is Cc1cc(C(=O)N2CC(CN)CC2C)nc2c1c(=O)n(C)c(=O)n2C.Cl.Cl. The standard InChI is InChI=1S/C17H23N5O3.2ClH/c1-9-5-12(15(23)22-8-11(7-18)6-10(22)2)19-14-13(9)16(24)21(4)17(25)20(14)3;;/h5,10-11H,6-8,18H2,1-4H3;2*1H. The first-order valence-corrected chi connectivity index (χ1v) is 8.34. The largest absolute Gasteiger partial charge is 0.334 e. The summed E-state index contributed by atoms with van der Waals surface area (Å²) in [5.41, 5.74) is 5.98. The molecule has 1 amide bonds. The third-order valence-electron chi connectivity index (χ3n) is 5.08. The smallest absolute Gasteiger partial charge is 0.332 e. The molecule has 1 fully saturated rings. The van der Waals surface area contributed by atoms with Gasteiger partial charge in [0.15, 0.2) is 0 Å². The van der Waals surface area contributed by atoms with Crippen LogP contribution in [0.25, 0.3) is 11.0 Å². The lowest BCUT2D eigenvalue weighted by atomic mass is 10.1. The molecule has 0 saturated carbocycles. The number of hydrogen-bond acceptors (Lipinski definition) is 5. The average molecular weight is 418 g/mol. The van der Waals surface area contributed by atoms with Crippen molar-refractivity contribution in [3.8, 4) is 0 Å². The van der Waals surface area contributed by atoms with Gasteiger partial charge in [0.2, 0.25) is 0 Å². The fourth-order valence-electron chi connectivity index (χ4n) is 3.59. The van der Waals surface area contributed by atoms with E-state index in [9.17, 15) is 14.4 Å². The summed E-state index contributed by atoms with van der Waals surface area (Å²) >= 11 is 0. The van der Waals surface area contributed by atoms with Gasteiger partial charge < -0.3 is 10.6 Å². The number of aromatic nitrogens is 3. The van der Waals surface area contributed by atoms with E-state index in [0.717, 1.165) is 11.0 Å². The molecule has 2 aromatic rings. The van der Waals surface area contributed by atoms with Crippen LogP contribution in [-0.2, 0) is 14.1 Å². The van der Waals surface area contributed by atoms with Crippen molar-refractivity contribution < 1.29 is 4.79 Å². The Labute approximate surface area is 169 Å². The highest BCUT2D eigenvalue weighted by atomic mass is 35.5. The van der Waals surface area contributed by atoms with E-state index in [2.05, 4.69) is 4.98 Å². The van der Waals surface area contributed by atoms with E-state index in [4.69, 9.17) is 5.73 Å². The third kappa shape index (κ3) is 3.74. The summed E-state index contributed by atoms with van der Waals surface area (Å²) in [4.78, 5) is 43.6. The van der Waals surface area contributed by atoms with Crippen molar-refractivity contribution in [2.45, 2.75) is 26.3 Å². The van der Waals surface area contributed by atoms with Gasteiger partial charge in [0.05, 0.1) is 5.39 Å². The van der Waals surface area contributed by atoms with Crippen molar-refractivity contribution in [1.82, 2.24) is 19.0 Å². The summed E-state index contributed by atoms with van der Waals surface area (Å²) < 4.78 is 2.35. The number of hydrogen-bond donors (Lipinski definition) is 1. The molecule has 0 radical (unpaired) electrons. The number of fused-ring (bicyclic) bond motifs is 1. The highest BCUT2D eigenvalue weighted by Crippen LogP contribution is 2.24. The maximum atomic E-state index is 12.9. The molecule has 2 unspecified atom stereocenters. The molecule has 150 valence electrons. The second-order valence-corrected chi connectivity index (χ2v) is 6.87. The van der Waals surface area contributed by atoms with E-state index in [0.29, 0.717) is 24.0 Å². The van der Waals surface area contributed by atoms with Gasteiger partial charge in [0, 0.05) is 26.7 Å². The van der Waals surface area contributed by atoms with E-state index < -0.39 is 11.2 Å². The molecule has 1 saturated heterocycles. The highest BCUT2D eigenvalue weighted by Gasteiger charge is 2.33. The molecular weight excluding hydrogens is 393 g/mol. The average Bonchev–Trinajstić information content (AvgIpc) is 2.97. The summed E-state index contributed by atoms with van der Waals surface area (Å²) in [6.45, 7) is 4.89. The second kappa shape index (κ2) is 8.41. The van der Waals surface area contributed by atoms with Crippen molar-refractivity contribution in [3.05, 3.63) is 38.2 Å². The Morgan fingerprint density at radius 1 is 1.26 bits per heavy atom. The Bertz CT molecular complexity index is 985. The monoisotopic (exact) mass is 417 g/mol. The summed E-state index contributed by atoms with van der Waals surface area (Å²) in [5.74, 6) is 0.0960. The van der Waals surface area contributed by atoms with Gasteiger partial charge in [-0.05, 0) is 44.4 Å². The molecule has 0 spiro atoms. The number of carbonyl (C=O) groups excluding carboxylic acids is 1. The molecule has 0 aromatic carbocycles. The zero-order chi connectivity index (χ0) is 18.5. The third-order valence-corrected chi connectivity index (χ3v) is 5.08. The van der Waals surface area contributed by atoms with E-state index in [-0.39, 0.29) is 54.0 Å². The van der Waals surface area contributed by atoms with E-state index in [1.54, 1.807) is 24.9 Å². The van der Waals surface area contributed by atoms with Gasteiger partial charge in [-0.25, -0.2) is 9.78 Å². The lowest BCUT2D eigenvalue weighted by Gasteiger charge is -2.21. The van der Waals surface area contributed by atoms with Crippen LogP contribution >= 0.6 is 24.8 Å². The van der Waals surface area contributed by atoms with Crippen molar-refractivity contribution >= 4 is 41.8 Å². The Kier molecular flexibility index (Phi) is 7.21. The predicted octanol–water partition coefficient (Wildman–Crippen LogP) is 0.594. The maximum Gasteiger partial charge on any atom is 0.332 e. The van der Waals surface area contributed by atoms with Crippen LogP contribution in [0, 0.1) is 12.8 Å². The molecule has 2 aromatic heterocycles. The number of halogens is 2. The first kappa shape index (κ1) is 23.1. The molecule has 1 aliphatic rings. The maximum absolute atomic E-state index is 12.9. The normalized spacial score (nSPS) is 18.9. The molecule has 10 heteroatoms. The number of nitrogens with two attached hydrogens (primary N) is 1. The molecule has 2 atom stereocenters. The van der Waals surface area contributed by atoms with Gasteiger partial charge in [0.25, 0.3) is 11.5 Å². The molecule has 0 aliphatic carbocycles. The number of likely N-dealkylation sites (tertiary alicyclic amines) is 1. The molecule has 0 bridgehead atoms.